The zero-order chi connectivity index (χ0) is 17.0. The van der Waals surface area contributed by atoms with E-state index in [1.165, 1.54) is 0 Å². The summed E-state index contributed by atoms with van der Waals surface area (Å²) in [5.41, 5.74) is 0.388. The van der Waals surface area contributed by atoms with Crippen LogP contribution in [-0.2, 0) is 10.2 Å². The number of carbonyl (C=O) groups excluding carboxylic acids is 1. The summed E-state index contributed by atoms with van der Waals surface area (Å²) >= 11 is 12.2. The summed E-state index contributed by atoms with van der Waals surface area (Å²) in [5.74, 6) is 0.0972. The van der Waals surface area contributed by atoms with Gasteiger partial charge in [-0.15, -0.1) is 0 Å². The number of hydrogen-bond donors (Lipinski definition) is 2. The van der Waals surface area contributed by atoms with E-state index in [0.717, 1.165) is 37.8 Å². The molecule has 0 spiro atoms. The second-order valence-electron chi connectivity index (χ2n) is 6.47. The molecule has 0 radical (unpaired) electrons. The fourth-order valence-electron chi connectivity index (χ4n) is 3.49. The highest BCUT2D eigenvalue weighted by atomic mass is 35.5. The Morgan fingerprint density at radius 2 is 2.00 bits per heavy atom. The normalized spacial score (nSPS) is 22.0. The Bertz CT molecular complexity index is 558. The van der Waals surface area contributed by atoms with Gasteiger partial charge in [-0.3, -0.25) is 4.79 Å². The van der Waals surface area contributed by atoms with Crippen molar-refractivity contribution in [1.29, 1.82) is 0 Å². The summed E-state index contributed by atoms with van der Waals surface area (Å²) in [6, 6.07) is 6.21. The Morgan fingerprint density at radius 3 is 2.57 bits per heavy atom. The summed E-state index contributed by atoms with van der Waals surface area (Å²) in [7, 11) is 0. The first-order valence-electron chi connectivity index (χ1n) is 8.42. The van der Waals surface area contributed by atoms with Gasteiger partial charge in [0, 0.05) is 12.1 Å². The van der Waals surface area contributed by atoms with E-state index in [0.29, 0.717) is 16.1 Å². The molecule has 0 aromatic heterocycles. The molecule has 1 amide bonds. The van der Waals surface area contributed by atoms with E-state index in [1.54, 1.807) is 6.07 Å². The fraction of sp³-hybridized carbons (Fsp3) is 0.611. The molecule has 0 bridgehead atoms. The van der Waals surface area contributed by atoms with Gasteiger partial charge in [0.1, 0.15) is 0 Å². The minimum atomic E-state index is -0.553. The van der Waals surface area contributed by atoms with Gasteiger partial charge in [0.15, 0.2) is 0 Å². The molecule has 1 aromatic rings. The molecule has 1 heterocycles. The maximum absolute atomic E-state index is 13.1. The molecule has 0 saturated carbocycles. The maximum atomic E-state index is 13.1. The quantitative estimate of drug-likeness (QED) is 0.825. The molecule has 2 rings (SSSR count). The predicted octanol–water partition coefficient (Wildman–Crippen LogP) is 4.31. The van der Waals surface area contributed by atoms with Gasteiger partial charge in [-0.25, -0.2) is 0 Å². The van der Waals surface area contributed by atoms with E-state index in [9.17, 15) is 4.79 Å². The molecule has 1 saturated heterocycles. The lowest BCUT2D eigenvalue weighted by molar-refractivity contribution is -0.128. The Kier molecular flexibility index (Phi) is 6.35. The zero-order valence-electron chi connectivity index (χ0n) is 14.1. The van der Waals surface area contributed by atoms with Crippen LogP contribution in [-0.4, -0.2) is 24.5 Å². The largest absolute Gasteiger partial charge is 0.352 e. The van der Waals surface area contributed by atoms with E-state index in [-0.39, 0.29) is 11.9 Å². The number of piperidine rings is 1. The highest BCUT2D eigenvalue weighted by Gasteiger charge is 2.38. The zero-order valence-corrected chi connectivity index (χ0v) is 15.6. The maximum Gasteiger partial charge on any atom is 0.230 e. The third-order valence-corrected chi connectivity index (χ3v) is 5.81. The van der Waals surface area contributed by atoms with Crippen molar-refractivity contribution in [3.63, 3.8) is 0 Å². The summed E-state index contributed by atoms with van der Waals surface area (Å²) in [5, 5.41) is 7.70. The van der Waals surface area contributed by atoms with Gasteiger partial charge in [0.25, 0.3) is 0 Å². The fourth-order valence-corrected chi connectivity index (χ4v) is 3.79. The van der Waals surface area contributed by atoms with Crippen LogP contribution in [0.15, 0.2) is 18.2 Å². The lowest BCUT2D eigenvalue weighted by Crippen LogP contribution is -2.52. The van der Waals surface area contributed by atoms with Gasteiger partial charge < -0.3 is 10.6 Å². The molecule has 2 unspecified atom stereocenters. The van der Waals surface area contributed by atoms with Gasteiger partial charge in [-0.1, -0.05) is 43.1 Å². The molecule has 128 valence electrons. The average Bonchev–Trinajstić information content (AvgIpc) is 2.52. The molecule has 1 fully saturated rings. The minimum Gasteiger partial charge on any atom is -0.352 e. The van der Waals surface area contributed by atoms with Crippen LogP contribution >= 0.6 is 23.2 Å². The topological polar surface area (TPSA) is 41.1 Å². The smallest absolute Gasteiger partial charge is 0.230 e. The molecule has 0 aliphatic carbocycles. The summed E-state index contributed by atoms with van der Waals surface area (Å²) < 4.78 is 0. The average molecular weight is 357 g/mol. The molecule has 23 heavy (non-hydrogen) atoms. The lowest BCUT2D eigenvalue weighted by atomic mass is 9.74. The highest BCUT2D eigenvalue weighted by Crippen LogP contribution is 2.36. The van der Waals surface area contributed by atoms with Gasteiger partial charge >= 0.3 is 0 Å². The Hall–Kier alpha value is -0.770. The molecule has 2 N–H and O–H groups in total. The van der Waals surface area contributed by atoms with Gasteiger partial charge in [-0.05, 0) is 56.8 Å². The standard InChI is InChI=1S/C18H26Cl2N2O/c1-4-18(5-2,13-6-7-15(19)16(20)11-13)17(23)22-14-8-9-21-12(3)10-14/h6-7,11-12,14,21H,4-5,8-10H2,1-3H3,(H,22,23). The van der Waals surface area contributed by atoms with Crippen LogP contribution in [0.1, 0.15) is 52.0 Å². The van der Waals surface area contributed by atoms with Crippen LogP contribution in [0.3, 0.4) is 0 Å². The molecule has 1 aliphatic heterocycles. The summed E-state index contributed by atoms with van der Waals surface area (Å²) in [6.45, 7) is 7.21. The van der Waals surface area contributed by atoms with Crippen molar-refractivity contribution in [3.05, 3.63) is 33.8 Å². The van der Waals surface area contributed by atoms with Crippen LogP contribution in [0, 0.1) is 0 Å². The summed E-state index contributed by atoms with van der Waals surface area (Å²) in [6.07, 6.45) is 3.40. The van der Waals surface area contributed by atoms with Crippen LogP contribution in [0.5, 0.6) is 0 Å². The van der Waals surface area contributed by atoms with Crippen molar-refractivity contribution in [3.8, 4) is 0 Å². The number of benzene rings is 1. The van der Waals surface area contributed by atoms with Crippen LogP contribution in [0.4, 0.5) is 0 Å². The SMILES string of the molecule is CCC(CC)(C(=O)NC1CCNC(C)C1)c1ccc(Cl)c(Cl)c1. The first kappa shape index (κ1) is 18.6. The number of amides is 1. The molecule has 5 heteroatoms. The van der Waals surface area contributed by atoms with Gasteiger partial charge in [0.05, 0.1) is 15.5 Å². The Labute approximate surface area is 149 Å². The van der Waals surface area contributed by atoms with Crippen molar-refractivity contribution in [2.45, 2.75) is 64.0 Å². The van der Waals surface area contributed by atoms with E-state index in [2.05, 4.69) is 31.4 Å². The van der Waals surface area contributed by atoms with Crippen LogP contribution in [0.2, 0.25) is 10.0 Å². The molecular weight excluding hydrogens is 331 g/mol. The molecule has 1 aromatic carbocycles. The number of carbonyl (C=O) groups is 1. The predicted molar refractivity (Wildman–Crippen MR) is 97.4 cm³/mol. The van der Waals surface area contributed by atoms with E-state index < -0.39 is 5.41 Å². The third kappa shape index (κ3) is 4.01. The molecule has 2 atom stereocenters. The number of hydrogen-bond acceptors (Lipinski definition) is 2. The van der Waals surface area contributed by atoms with Gasteiger partial charge in [-0.2, -0.15) is 0 Å². The minimum absolute atomic E-state index is 0.0972. The van der Waals surface area contributed by atoms with E-state index in [1.807, 2.05) is 12.1 Å². The number of rotatable bonds is 5. The molecular formula is C18H26Cl2N2O. The van der Waals surface area contributed by atoms with Crippen molar-refractivity contribution in [2.75, 3.05) is 6.54 Å². The van der Waals surface area contributed by atoms with E-state index in [4.69, 9.17) is 23.2 Å². The van der Waals surface area contributed by atoms with Crippen molar-refractivity contribution in [2.24, 2.45) is 0 Å². The first-order valence-corrected chi connectivity index (χ1v) is 9.18. The van der Waals surface area contributed by atoms with Crippen LogP contribution < -0.4 is 10.6 Å². The summed E-state index contributed by atoms with van der Waals surface area (Å²) in [4.78, 5) is 13.1. The highest BCUT2D eigenvalue weighted by molar-refractivity contribution is 6.42. The monoisotopic (exact) mass is 356 g/mol. The number of nitrogens with one attached hydrogen (secondary N) is 2. The van der Waals surface area contributed by atoms with Crippen LogP contribution in [0.25, 0.3) is 0 Å². The van der Waals surface area contributed by atoms with Crippen molar-refractivity contribution < 1.29 is 4.79 Å². The lowest BCUT2D eigenvalue weighted by Gasteiger charge is -2.35. The third-order valence-electron chi connectivity index (χ3n) is 5.07. The van der Waals surface area contributed by atoms with E-state index >= 15 is 0 Å². The molecule has 3 nitrogen and oxygen atoms in total. The first-order chi connectivity index (χ1) is 10.9. The van der Waals surface area contributed by atoms with Crippen molar-refractivity contribution in [1.82, 2.24) is 10.6 Å². The Morgan fingerprint density at radius 1 is 1.30 bits per heavy atom. The number of halogens is 2. The van der Waals surface area contributed by atoms with Crippen molar-refractivity contribution >= 4 is 29.1 Å². The van der Waals surface area contributed by atoms with Gasteiger partial charge in [0.2, 0.25) is 5.91 Å². The molecule has 1 aliphatic rings. The second-order valence-corrected chi connectivity index (χ2v) is 7.28. The second kappa shape index (κ2) is 7.87. The Balaban J connectivity index is 2.24.